The third-order valence-electron chi connectivity index (χ3n) is 3.98. The molecule has 3 heterocycles. The zero-order valence-corrected chi connectivity index (χ0v) is 13.7. The number of aryl methyl sites for hydroxylation is 1. The lowest BCUT2D eigenvalue weighted by Crippen LogP contribution is -2.39. The lowest BCUT2D eigenvalue weighted by molar-refractivity contribution is 0.0600. The Morgan fingerprint density at radius 1 is 1.55 bits per heavy atom. The minimum absolute atomic E-state index is 0.0533. The zero-order chi connectivity index (χ0) is 15.5. The van der Waals surface area contributed by atoms with E-state index in [-0.39, 0.29) is 11.9 Å². The summed E-state index contributed by atoms with van der Waals surface area (Å²) in [6.45, 7) is 3.14. The molecule has 0 bridgehead atoms. The highest BCUT2D eigenvalue weighted by Crippen LogP contribution is 2.31. The normalized spacial score (nSPS) is 18.6. The number of nitrogens with one attached hydrogen (secondary N) is 1. The van der Waals surface area contributed by atoms with Crippen LogP contribution in [0.25, 0.3) is 0 Å². The molecule has 22 heavy (non-hydrogen) atoms. The molecular weight excluding hydrogens is 300 g/mol. The van der Waals surface area contributed by atoms with Crippen molar-refractivity contribution < 1.29 is 9.53 Å². The van der Waals surface area contributed by atoms with Crippen molar-refractivity contribution in [1.82, 2.24) is 20.1 Å². The molecule has 2 aromatic heterocycles. The Bertz CT molecular complexity index is 652. The van der Waals surface area contributed by atoms with Gasteiger partial charge in [-0.25, -0.2) is 4.98 Å². The summed E-state index contributed by atoms with van der Waals surface area (Å²) in [5, 5.41) is 9.14. The summed E-state index contributed by atoms with van der Waals surface area (Å²) in [6, 6.07) is 1.85. The van der Waals surface area contributed by atoms with E-state index in [0.29, 0.717) is 18.3 Å². The summed E-state index contributed by atoms with van der Waals surface area (Å²) in [4.78, 5) is 20.3. The number of nitrogens with zero attached hydrogens (tertiary/aromatic N) is 3. The summed E-state index contributed by atoms with van der Waals surface area (Å²) in [7, 11) is 1.62. The number of thiophene rings is 1. The van der Waals surface area contributed by atoms with Gasteiger partial charge in [-0.1, -0.05) is 0 Å². The van der Waals surface area contributed by atoms with Crippen LogP contribution >= 0.6 is 11.3 Å². The summed E-state index contributed by atoms with van der Waals surface area (Å²) < 4.78 is 5.06. The molecule has 1 amide bonds. The second kappa shape index (κ2) is 6.58. The van der Waals surface area contributed by atoms with Gasteiger partial charge >= 0.3 is 0 Å². The molecule has 1 atom stereocenters. The molecule has 7 heteroatoms. The first-order valence-corrected chi connectivity index (χ1v) is 8.34. The van der Waals surface area contributed by atoms with Crippen LogP contribution in [0.5, 0.6) is 0 Å². The number of aromatic amines is 1. The molecular formula is C15H20N4O2S. The first kappa shape index (κ1) is 15.2. The van der Waals surface area contributed by atoms with Crippen LogP contribution in [0.3, 0.4) is 0 Å². The van der Waals surface area contributed by atoms with E-state index in [2.05, 4.69) is 15.2 Å². The number of amides is 1. The van der Waals surface area contributed by atoms with Gasteiger partial charge in [0.15, 0.2) is 11.6 Å². The fourth-order valence-corrected chi connectivity index (χ4v) is 3.56. The van der Waals surface area contributed by atoms with E-state index < -0.39 is 0 Å². The third kappa shape index (κ3) is 2.91. The van der Waals surface area contributed by atoms with Crippen LogP contribution in [0.4, 0.5) is 0 Å². The molecule has 6 nitrogen and oxygen atoms in total. The van der Waals surface area contributed by atoms with E-state index in [1.807, 2.05) is 23.3 Å². The van der Waals surface area contributed by atoms with Crippen molar-refractivity contribution in [1.29, 1.82) is 0 Å². The molecule has 0 saturated carbocycles. The highest BCUT2D eigenvalue weighted by molar-refractivity contribution is 7.10. The number of piperidine rings is 1. The van der Waals surface area contributed by atoms with Crippen molar-refractivity contribution in [3.63, 3.8) is 0 Å². The number of rotatable bonds is 4. The van der Waals surface area contributed by atoms with E-state index in [1.54, 1.807) is 18.4 Å². The number of aromatic nitrogens is 3. The number of H-pyrrole nitrogens is 1. The Kier molecular flexibility index (Phi) is 4.54. The van der Waals surface area contributed by atoms with Crippen LogP contribution in [-0.4, -0.2) is 39.6 Å². The minimum Gasteiger partial charge on any atom is -0.377 e. The van der Waals surface area contributed by atoms with E-state index in [4.69, 9.17) is 4.74 Å². The fourth-order valence-electron chi connectivity index (χ4n) is 2.86. The molecule has 118 valence electrons. The van der Waals surface area contributed by atoms with Gasteiger partial charge in [-0.2, -0.15) is 5.10 Å². The highest BCUT2D eigenvalue weighted by Gasteiger charge is 2.32. The molecule has 1 aliphatic rings. The first-order valence-electron chi connectivity index (χ1n) is 7.46. The number of carbonyl (C=O) groups excluding carboxylic acids is 1. The van der Waals surface area contributed by atoms with Gasteiger partial charge in [0, 0.05) is 18.5 Å². The first-order chi connectivity index (χ1) is 10.7. The van der Waals surface area contributed by atoms with E-state index >= 15 is 0 Å². The largest absolute Gasteiger partial charge is 0.377 e. The van der Waals surface area contributed by atoms with Crippen LogP contribution in [0.2, 0.25) is 0 Å². The van der Waals surface area contributed by atoms with Crippen LogP contribution in [0, 0.1) is 6.92 Å². The van der Waals surface area contributed by atoms with Gasteiger partial charge in [0.25, 0.3) is 5.91 Å². The average molecular weight is 320 g/mol. The van der Waals surface area contributed by atoms with Gasteiger partial charge in [-0.15, -0.1) is 11.3 Å². The number of likely N-dealkylation sites (tertiary alicyclic amines) is 1. The standard InChI is InChI=1S/C15H20N4O2S/c1-10-11(6-8-22-10)15(20)19-7-4-3-5-12(19)14-16-13(9-21-2)17-18-14/h6,8,12H,3-5,7,9H2,1-2H3,(H,16,17,18). The lowest BCUT2D eigenvalue weighted by atomic mass is 10.0. The monoisotopic (exact) mass is 320 g/mol. The molecule has 0 spiro atoms. The predicted octanol–water partition coefficient (Wildman–Crippen LogP) is 2.69. The summed E-state index contributed by atoms with van der Waals surface area (Å²) in [6.07, 6.45) is 3.02. The van der Waals surface area contributed by atoms with E-state index in [1.165, 1.54) is 0 Å². The number of hydrogen-bond acceptors (Lipinski definition) is 5. The van der Waals surface area contributed by atoms with Gasteiger partial charge in [0.05, 0.1) is 11.6 Å². The maximum atomic E-state index is 12.8. The Hall–Kier alpha value is -1.73. The van der Waals surface area contributed by atoms with Gasteiger partial charge in [-0.05, 0) is 37.6 Å². The average Bonchev–Trinajstić information content (AvgIpc) is 3.16. The van der Waals surface area contributed by atoms with Crippen LogP contribution in [-0.2, 0) is 11.3 Å². The molecule has 0 aliphatic carbocycles. The minimum atomic E-state index is -0.0533. The Morgan fingerprint density at radius 2 is 2.41 bits per heavy atom. The van der Waals surface area contributed by atoms with Crippen LogP contribution < -0.4 is 0 Å². The molecule has 2 aromatic rings. The molecule has 3 rings (SSSR count). The quantitative estimate of drug-likeness (QED) is 0.940. The van der Waals surface area contributed by atoms with Crippen molar-refractivity contribution >= 4 is 17.2 Å². The van der Waals surface area contributed by atoms with Gasteiger partial charge < -0.3 is 9.64 Å². The molecule has 1 saturated heterocycles. The molecule has 1 aliphatic heterocycles. The van der Waals surface area contributed by atoms with Crippen molar-refractivity contribution in [3.05, 3.63) is 33.5 Å². The number of hydrogen-bond donors (Lipinski definition) is 1. The van der Waals surface area contributed by atoms with Gasteiger partial charge in [-0.3, -0.25) is 9.89 Å². The maximum Gasteiger partial charge on any atom is 0.255 e. The van der Waals surface area contributed by atoms with Crippen LogP contribution in [0.1, 0.15) is 52.2 Å². The zero-order valence-electron chi connectivity index (χ0n) is 12.8. The predicted molar refractivity (Wildman–Crippen MR) is 83.8 cm³/mol. The second-order valence-corrected chi connectivity index (χ2v) is 6.59. The van der Waals surface area contributed by atoms with Crippen molar-refractivity contribution in [2.75, 3.05) is 13.7 Å². The lowest BCUT2D eigenvalue weighted by Gasteiger charge is -2.34. The fraction of sp³-hybridized carbons (Fsp3) is 0.533. The number of ether oxygens (including phenoxy) is 1. The van der Waals surface area contributed by atoms with Crippen molar-refractivity contribution in [3.8, 4) is 0 Å². The SMILES string of the molecule is COCc1nc(C2CCCCN2C(=O)c2ccsc2C)n[nH]1. The van der Waals surface area contributed by atoms with Crippen molar-refractivity contribution in [2.24, 2.45) is 0 Å². The smallest absolute Gasteiger partial charge is 0.255 e. The summed E-state index contributed by atoms with van der Waals surface area (Å²) in [5.41, 5.74) is 0.796. The highest BCUT2D eigenvalue weighted by atomic mass is 32.1. The molecule has 1 unspecified atom stereocenters. The molecule has 1 N–H and O–H groups in total. The van der Waals surface area contributed by atoms with E-state index in [9.17, 15) is 4.79 Å². The van der Waals surface area contributed by atoms with Gasteiger partial charge in [0.2, 0.25) is 0 Å². The topological polar surface area (TPSA) is 71.1 Å². The van der Waals surface area contributed by atoms with Crippen molar-refractivity contribution in [2.45, 2.75) is 38.8 Å². The molecule has 0 aromatic carbocycles. The van der Waals surface area contributed by atoms with E-state index in [0.717, 1.165) is 36.2 Å². The second-order valence-electron chi connectivity index (χ2n) is 5.47. The third-order valence-corrected chi connectivity index (χ3v) is 4.83. The number of methoxy groups -OCH3 is 1. The van der Waals surface area contributed by atoms with Gasteiger partial charge in [0.1, 0.15) is 6.61 Å². The summed E-state index contributed by atoms with van der Waals surface area (Å²) >= 11 is 1.60. The Balaban J connectivity index is 1.84. The summed E-state index contributed by atoms with van der Waals surface area (Å²) in [5.74, 6) is 1.47. The Labute approximate surface area is 133 Å². The van der Waals surface area contributed by atoms with Crippen LogP contribution in [0.15, 0.2) is 11.4 Å². The Morgan fingerprint density at radius 3 is 3.14 bits per heavy atom. The maximum absolute atomic E-state index is 12.8. The molecule has 0 radical (unpaired) electrons. The molecule has 1 fully saturated rings. The number of carbonyl (C=O) groups is 1.